The highest BCUT2D eigenvalue weighted by atomic mass is 19.3. The molecule has 142 valence electrons. The monoisotopic (exact) mass is 366 g/mol. The zero-order valence-electron chi connectivity index (χ0n) is 14.9. The topological polar surface area (TPSA) is 58.4 Å². The lowest BCUT2D eigenvalue weighted by Gasteiger charge is -2.36. The van der Waals surface area contributed by atoms with Crippen LogP contribution in [-0.4, -0.2) is 57.0 Å². The molecular weight excluding hydrogens is 342 g/mol. The van der Waals surface area contributed by atoms with Crippen LogP contribution in [0.3, 0.4) is 0 Å². The van der Waals surface area contributed by atoms with Crippen molar-refractivity contribution in [3.8, 4) is 0 Å². The molecule has 1 saturated carbocycles. The van der Waals surface area contributed by atoms with Crippen LogP contribution in [0.15, 0.2) is 12.3 Å². The molecule has 2 aliphatic heterocycles. The Bertz CT molecular complexity index is 710. The number of halogens is 2. The quantitative estimate of drug-likeness (QED) is 0.823. The van der Waals surface area contributed by atoms with Crippen molar-refractivity contribution in [2.24, 2.45) is 11.8 Å². The smallest absolute Gasteiger partial charge is 0.251 e. The highest BCUT2D eigenvalue weighted by molar-refractivity contribution is 5.82. The van der Waals surface area contributed by atoms with Crippen molar-refractivity contribution in [1.29, 1.82) is 0 Å². The van der Waals surface area contributed by atoms with Crippen LogP contribution in [0.4, 0.5) is 8.78 Å². The van der Waals surface area contributed by atoms with Gasteiger partial charge in [-0.1, -0.05) is 6.92 Å². The third-order valence-corrected chi connectivity index (χ3v) is 5.88. The number of piperidine rings is 1. The highest BCUT2D eigenvalue weighted by Gasteiger charge is 2.43. The summed E-state index contributed by atoms with van der Waals surface area (Å²) < 4.78 is 28.4. The molecule has 3 aliphatic rings. The Labute approximate surface area is 151 Å². The Morgan fingerprint density at radius 3 is 2.62 bits per heavy atom. The second kappa shape index (κ2) is 6.32. The van der Waals surface area contributed by atoms with Crippen molar-refractivity contribution in [1.82, 2.24) is 19.6 Å². The summed E-state index contributed by atoms with van der Waals surface area (Å²) in [4.78, 5) is 28.6. The van der Waals surface area contributed by atoms with Crippen LogP contribution >= 0.6 is 0 Å². The first kappa shape index (κ1) is 17.4. The largest absolute Gasteiger partial charge is 0.342 e. The SMILES string of the molecule is C[C@@H]1C[C@@H]1C(=O)N1Cc2ccnn2[C@@H](CC(=O)N2CCC(F)(F)CC2)C1. The number of amides is 2. The van der Waals surface area contributed by atoms with E-state index in [4.69, 9.17) is 0 Å². The second-order valence-electron chi connectivity index (χ2n) is 7.90. The average Bonchev–Trinajstić information content (AvgIpc) is 3.13. The van der Waals surface area contributed by atoms with Crippen LogP contribution in [0.5, 0.6) is 0 Å². The van der Waals surface area contributed by atoms with E-state index in [-0.39, 0.29) is 56.1 Å². The molecule has 0 unspecified atom stereocenters. The van der Waals surface area contributed by atoms with Gasteiger partial charge < -0.3 is 9.80 Å². The van der Waals surface area contributed by atoms with Gasteiger partial charge in [0, 0.05) is 44.6 Å². The molecule has 4 rings (SSSR count). The fourth-order valence-corrected chi connectivity index (χ4v) is 4.02. The van der Waals surface area contributed by atoms with Crippen molar-refractivity contribution in [2.45, 2.75) is 51.1 Å². The summed E-state index contributed by atoms with van der Waals surface area (Å²) in [7, 11) is 0. The maximum absolute atomic E-state index is 13.3. The number of carbonyl (C=O) groups excluding carboxylic acids is 2. The molecular formula is C18H24F2N4O2. The van der Waals surface area contributed by atoms with Crippen LogP contribution in [0.1, 0.15) is 44.3 Å². The van der Waals surface area contributed by atoms with Crippen molar-refractivity contribution in [2.75, 3.05) is 19.6 Å². The Morgan fingerprint density at radius 2 is 1.96 bits per heavy atom. The number of aromatic nitrogens is 2. The summed E-state index contributed by atoms with van der Waals surface area (Å²) in [6.45, 7) is 3.22. The normalized spacial score (nSPS) is 30.0. The molecule has 0 bridgehead atoms. The Balaban J connectivity index is 1.43. The Hall–Kier alpha value is -1.99. The minimum Gasteiger partial charge on any atom is -0.342 e. The molecule has 1 aromatic heterocycles. The maximum Gasteiger partial charge on any atom is 0.251 e. The molecule has 8 heteroatoms. The first-order valence-corrected chi connectivity index (χ1v) is 9.31. The van der Waals surface area contributed by atoms with Crippen molar-refractivity contribution < 1.29 is 18.4 Å². The van der Waals surface area contributed by atoms with Gasteiger partial charge in [-0.15, -0.1) is 0 Å². The summed E-state index contributed by atoms with van der Waals surface area (Å²) in [5, 5.41) is 4.32. The number of hydrogen-bond acceptors (Lipinski definition) is 3. The zero-order valence-corrected chi connectivity index (χ0v) is 14.9. The standard InChI is InChI=1S/C18H24F2N4O2/c1-12-8-15(12)17(26)23-10-13-2-5-21-24(13)14(11-23)9-16(25)22-6-3-18(19,20)4-7-22/h2,5,12,14-15H,3-4,6-11H2,1H3/t12-,14+,15+/m1/s1. The fraction of sp³-hybridized carbons (Fsp3) is 0.722. The van der Waals surface area contributed by atoms with Gasteiger partial charge >= 0.3 is 0 Å². The molecule has 0 N–H and O–H groups in total. The second-order valence-corrected chi connectivity index (χ2v) is 7.90. The molecule has 6 nitrogen and oxygen atoms in total. The van der Waals surface area contributed by atoms with E-state index in [0.29, 0.717) is 19.0 Å². The molecule has 3 heterocycles. The lowest BCUT2D eigenvalue weighted by molar-refractivity contribution is -0.141. The van der Waals surface area contributed by atoms with Crippen molar-refractivity contribution in [3.05, 3.63) is 18.0 Å². The molecule has 26 heavy (non-hydrogen) atoms. The molecule has 0 radical (unpaired) electrons. The van der Waals surface area contributed by atoms with Gasteiger partial charge in [-0.3, -0.25) is 14.3 Å². The number of likely N-dealkylation sites (tertiary alicyclic amines) is 1. The van der Waals surface area contributed by atoms with E-state index in [9.17, 15) is 18.4 Å². The molecule has 3 atom stereocenters. The number of nitrogens with zero attached hydrogens (tertiary/aromatic N) is 4. The van der Waals surface area contributed by atoms with Gasteiger partial charge in [0.2, 0.25) is 11.8 Å². The molecule has 0 aromatic carbocycles. The lowest BCUT2D eigenvalue weighted by atomic mass is 10.0. The number of alkyl halides is 2. The predicted molar refractivity (Wildman–Crippen MR) is 89.3 cm³/mol. The number of fused-ring (bicyclic) bond motifs is 1. The van der Waals surface area contributed by atoms with E-state index in [1.165, 1.54) is 4.90 Å². The third-order valence-electron chi connectivity index (χ3n) is 5.88. The van der Waals surface area contributed by atoms with Gasteiger partial charge in [0.15, 0.2) is 0 Å². The van der Waals surface area contributed by atoms with Gasteiger partial charge in [-0.2, -0.15) is 5.10 Å². The van der Waals surface area contributed by atoms with E-state index in [0.717, 1.165) is 12.1 Å². The van der Waals surface area contributed by atoms with Crippen LogP contribution in [0.2, 0.25) is 0 Å². The zero-order chi connectivity index (χ0) is 18.5. The van der Waals surface area contributed by atoms with Crippen molar-refractivity contribution in [3.63, 3.8) is 0 Å². The molecule has 1 aromatic rings. The number of rotatable bonds is 3. The first-order chi connectivity index (χ1) is 12.3. The summed E-state index contributed by atoms with van der Waals surface area (Å²) in [5.41, 5.74) is 0.917. The predicted octanol–water partition coefficient (Wildman–Crippen LogP) is 2.07. The molecule has 1 saturated heterocycles. The molecule has 0 spiro atoms. The minimum absolute atomic E-state index is 0.0900. The lowest BCUT2D eigenvalue weighted by Crippen LogP contribution is -2.46. The van der Waals surface area contributed by atoms with Crippen LogP contribution < -0.4 is 0 Å². The number of carbonyl (C=O) groups is 2. The van der Waals surface area contributed by atoms with Gasteiger partial charge in [0.1, 0.15) is 0 Å². The fourth-order valence-electron chi connectivity index (χ4n) is 4.02. The van der Waals surface area contributed by atoms with Gasteiger partial charge in [-0.05, 0) is 18.4 Å². The summed E-state index contributed by atoms with van der Waals surface area (Å²) in [6.07, 6.45) is 2.24. The third kappa shape index (κ3) is 3.33. The molecule has 1 aliphatic carbocycles. The van der Waals surface area contributed by atoms with Gasteiger partial charge in [0.25, 0.3) is 5.92 Å². The summed E-state index contributed by atoms with van der Waals surface area (Å²) >= 11 is 0. The van der Waals surface area contributed by atoms with E-state index < -0.39 is 5.92 Å². The average molecular weight is 366 g/mol. The van der Waals surface area contributed by atoms with E-state index in [1.54, 1.807) is 6.20 Å². The van der Waals surface area contributed by atoms with Gasteiger partial charge in [-0.25, -0.2) is 8.78 Å². The minimum atomic E-state index is -2.67. The van der Waals surface area contributed by atoms with Crippen molar-refractivity contribution >= 4 is 11.8 Å². The van der Waals surface area contributed by atoms with E-state index >= 15 is 0 Å². The molecule has 2 amide bonds. The summed E-state index contributed by atoms with van der Waals surface area (Å²) in [6, 6.07) is 1.64. The van der Waals surface area contributed by atoms with Gasteiger partial charge in [0.05, 0.1) is 24.7 Å². The van der Waals surface area contributed by atoms with Crippen LogP contribution in [0.25, 0.3) is 0 Å². The first-order valence-electron chi connectivity index (χ1n) is 9.31. The Kier molecular flexibility index (Phi) is 4.23. The number of hydrogen-bond donors (Lipinski definition) is 0. The van der Waals surface area contributed by atoms with Crippen LogP contribution in [0, 0.1) is 11.8 Å². The highest BCUT2D eigenvalue weighted by Crippen LogP contribution is 2.40. The Morgan fingerprint density at radius 1 is 1.27 bits per heavy atom. The van der Waals surface area contributed by atoms with Crippen LogP contribution in [-0.2, 0) is 16.1 Å². The van der Waals surface area contributed by atoms with E-state index in [2.05, 4.69) is 12.0 Å². The summed E-state index contributed by atoms with van der Waals surface area (Å²) in [5.74, 6) is -2.11. The molecule has 2 fully saturated rings. The maximum atomic E-state index is 13.3. The van der Waals surface area contributed by atoms with E-state index in [1.807, 2.05) is 15.6 Å².